The van der Waals surface area contributed by atoms with Crippen molar-refractivity contribution < 1.29 is 4.74 Å². The average Bonchev–Trinajstić information content (AvgIpc) is 2.74. The van der Waals surface area contributed by atoms with Gasteiger partial charge in [0, 0.05) is 38.0 Å². The van der Waals surface area contributed by atoms with Gasteiger partial charge in [-0.1, -0.05) is 20.3 Å². The number of hydrogen-bond donors (Lipinski definition) is 1. The third-order valence-corrected chi connectivity index (χ3v) is 2.89. The van der Waals surface area contributed by atoms with E-state index in [-0.39, 0.29) is 0 Å². The maximum Gasteiger partial charge on any atom is 0.0587 e. The van der Waals surface area contributed by atoms with Crippen LogP contribution in [0.1, 0.15) is 37.9 Å². The summed E-state index contributed by atoms with van der Waals surface area (Å²) in [6.45, 7) is 7.97. The van der Waals surface area contributed by atoms with E-state index in [2.05, 4.69) is 28.9 Å². The molecule has 0 unspecified atom stereocenters. The van der Waals surface area contributed by atoms with Crippen molar-refractivity contribution >= 4 is 0 Å². The van der Waals surface area contributed by atoms with Crippen molar-refractivity contribution in [1.82, 2.24) is 15.1 Å². The second-order valence-corrected chi connectivity index (χ2v) is 4.22. The molecule has 0 bridgehead atoms. The molecule has 4 nitrogen and oxygen atoms in total. The number of unbranched alkanes of at least 4 members (excludes halogenated alkanes) is 1. The molecular weight excluding hydrogens is 214 g/mol. The number of methoxy groups -OCH3 is 1. The second-order valence-electron chi connectivity index (χ2n) is 4.22. The number of aromatic nitrogens is 2. The molecule has 0 radical (unpaired) electrons. The first-order valence-electron chi connectivity index (χ1n) is 6.56. The Hall–Kier alpha value is -0.870. The number of nitrogens with one attached hydrogen (secondary N) is 1. The lowest BCUT2D eigenvalue weighted by atomic mass is 10.2. The fourth-order valence-electron chi connectivity index (χ4n) is 1.90. The predicted molar refractivity (Wildman–Crippen MR) is 70.1 cm³/mol. The molecular formula is C13H25N3O. The Balaban J connectivity index is 2.50. The zero-order valence-electron chi connectivity index (χ0n) is 11.3. The number of aryl methyl sites for hydroxylation is 1. The smallest absolute Gasteiger partial charge is 0.0587 e. The number of hydrogen-bond acceptors (Lipinski definition) is 3. The molecule has 0 aliphatic carbocycles. The highest BCUT2D eigenvalue weighted by Gasteiger charge is 2.07. The molecule has 1 aromatic rings. The Labute approximate surface area is 104 Å². The normalized spacial score (nSPS) is 11.0. The van der Waals surface area contributed by atoms with Crippen molar-refractivity contribution in [3.8, 4) is 0 Å². The summed E-state index contributed by atoms with van der Waals surface area (Å²) in [5.74, 6) is 0. The molecule has 0 atom stereocenters. The number of nitrogens with zero attached hydrogens (tertiary/aromatic N) is 2. The third kappa shape index (κ3) is 4.48. The van der Waals surface area contributed by atoms with Crippen LogP contribution < -0.4 is 5.32 Å². The largest absolute Gasteiger partial charge is 0.383 e. The molecule has 0 fully saturated rings. The van der Waals surface area contributed by atoms with Crippen LogP contribution in [-0.4, -0.2) is 30.0 Å². The van der Waals surface area contributed by atoms with Crippen molar-refractivity contribution in [2.75, 3.05) is 20.3 Å². The Morgan fingerprint density at radius 3 is 2.88 bits per heavy atom. The molecule has 98 valence electrons. The lowest BCUT2D eigenvalue weighted by Gasteiger charge is -2.08. The molecule has 0 aliphatic heterocycles. The SMILES string of the molecule is CCCCn1ncc(CNCCOC)c1CC. The lowest BCUT2D eigenvalue weighted by molar-refractivity contribution is 0.199. The minimum atomic E-state index is 0.755. The van der Waals surface area contributed by atoms with Crippen molar-refractivity contribution in [3.63, 3.8) is 0 Å². The zero-order valence-corrected chi connectivity index (χ0v) is 11.3. The first-order chi connectivity index (χ1) is 8.33. The van der Waals surface area contributed by atoms with Crippen LogP contribution in [-0.2, 0) is 24.2 Å². The molecule has 4 heteroatoms. The summed E-state index contributed by atoms with van der Waals surface area (Å²) in [7, 11) is 1.72. The molecule has 0 aliphatic rings. The summed E-state index contributed by atoms with van der Waals surface area (Å²) in [4.78, 5) is 0. The van der Waals surface area contributed by atoms with Gasteiger partial charge in [-0.05, 0) is 12.8 Å². The standard InChI is InChI=1S/C13H25N3O/c1-4-6-8-16-13(5-2)12(11-15-16)10-14-7-9-17-3/h11,14H,4-10H2,1-3H3. The third-order valence-electron chi connectivity index (χ3n) is 2.89. The van der Waals surface area contributed by atoms with Crippen molar-refractivity contribution in [2.45, 2.75) is 46.2 Å². The van der Waals surface area contributed by atoms with Gasteiger partial charge in [0.1, 0.15) is 0 Å². The van der Waals surface area contributed by atoms with Gasteiger partial charge in [0.05, 0.1) is 12.8 Å². The van der Waals surface area contributed by atoms with Crippen molar-refractivity contribution in [1.29, 1.82) is 0 Å². The average molecular weight is 239 g/mol. The fourth-order valence-corrected chi connectivity index (χ4v) is 1.90. The molecule has 0 saturated heterocycles. The summed E-state index contributed by atoms with van der Waals surface area (Å²) in [5.41, 5.74) is 2.68. The molecule has 1 rings (SSSR count). The van der Waals surface area contributed by atoms with Crippen LogP contribution >= 0.6 is 0 Å². The number of ether oxygens (including phenoxy) is 1. The molecule has 17 heavy (non-hydrogen) atoms. The van der Waals surface area contributed by atoms with E-state index in [1.54, 1.807) is 7.11 Å². The Kier molecular flexibility index (Phi) is 6.89. The van der Waals surface area contributed by atoms with E-state index in [0.29, 0.717) is 0 Å². The van der Waals surface area contributed by atoms with E-state index in [1.807, 2.05) is 6.20 Å². The summed E-state index contributed by atoms with van der Waals surface area (Å²) in [6.07, 6.45) is 5.45. The Morgan fingerprint density at radius 2 is 2.24 bits per heavy atom. The fraction of sp³-hybridized carbons (Fsp3) is 0.769. The molecule has 1 aromatic heterocycles. The van der Waals surface area contributed by atoms with Crippen LogP contribution in [0.3, 0.4) is 0 Å². The van der Waals surface area contributed by atoms with Gasteiger partial charge in [-0.15, -0.1) is 0 Å². The maximum atomic E-state index is 5.01. The van der Waals surface area contributed by atoms with Crippen LogP contribution in [0.5, 0.6) is 0 Å². The topological polar surface area (TPSA) is 39.1 Å². The monoisotopic (exact) mass is 239 g/mol. The van der Waals surface area contributed by atoms with Crippen LogP contribution in [0.25, 0.3) is 0 Å². The van der Waals surface area contributed by atoms with E-state index in [1.165, 1.54) is 24.1 Å². The van der Waals surface area contributed by atoms with Gasteiger partial charge in [-0.3, -0.25) is 4.68 Å². The number of rotatable bonds is 9. The first-order valence-corrected chi connectivity index (χ1v) is 6.56. The first kappa shape index (κ1) is 14.2. The highest BCUT2D eigenvalue weighted by Crippen LogP contribution is 2.10. The van der Waals surface area contributed by atoms with Gasteiger partial charge < -0.3 is 10.1 Å². The molecule has 0 saturated carbocycles. The van der Waals surface area contributed by atoms with Crippen LogP contribution in [0, 0.1) is 0 Å². The summed E-state index contributed by atoms with van der Waals surface area (Å²) in [6, 6.07) is 0. The van der Waals surface area contributed by atoms with E-state index in [9.17, 15) is 0 Å². The Bertz CT molecular complexity index is 310. The summed E-state index contributed by atoms with van der Waals surface area (Å²) >= 11 is 0. The van der Waals surface area contributed by atoms with E-state index < -0.39 is 0 Å². The molecule has 0 aromatic carbocycles. The van der Waals surface area contributed by atoms with Crippen molar-refractivity contribution in [3.05, 3.63) is 17.5 Å². The van der Waals surface area contributed by atoms with E-state index in [4.69, 9.17) is 4.74 Å². The van der Waals surface area contributed by atoms with E-state index in [0.717, 1.165) is 32.7 Å². The summed E-state index contributed by atoms with van der Waals surface area (Å²) in [5, 5.41) is 7.84. The van der Waals surface area contributed by atoms with Crippen molar-refractivity contribution in [2.24, 2.45) is 0 Å². The quantitative estimate of drug-likeness (QED) is 0.670. The zero-order chi connectivity index (χ0) is 12.5. The maximum absolute atomic E-state index is 5.01. The van der Waals surface area contributed by atoms with E-state index >= 15 is 0 Å². The minimum absolute atomic E-state index is 0.755. The molecule has 1 N–H and O–H groups in total. The van der Waals surface area contributed by atoms with Crippen LogP contribution in [0.15, 0.2) is 6.20 Å². The highest BCUT2D eigenvalue weighted by atomic mass is 16.5. The van der Waals surface area contributed by atoms with Gasteiger partial charge in [-0.25, -0.2) is 0 Å². The highest BCUT2D eigenvalue weighted by molar-refractivity contribution is 5.17. The second kappa shape index (κ2) is 8.25. The predicted octanol–water partition coefficient (Wildman–Crippen LogP) is 1.98. The van der Waals surface area contributed by atoms with Gasteiger partial charge >= 0.3 is 0 Å². The minimum Gasteiger partial charge on any atom is -0.383 e. The summed E-state index contributed by atoms with van der Waals surface area (Å²) < 4.78 is 7.16. The molecule has 0 amide bonds. The van der Waals surface area contributed by atoms with Gasteiger partial charge in [0.25, 0.3) is 0 Å². The molecule has 0 spiro atoms. The lowest BCUT2D eigenvalue weighted by Crippen LogP contribution is -2.19. The van der Waals surface area contributed by atoms with Gasteiger partial charge in [0.15, 0.2) is 0 Å². The van der Waals surface area contributed by atoms with Gasteiger partial charge in [-0.2, -0.15) is 5.10 Å². The van der Waals surface area contributed by atoms with Crippen LogP contribution in [0.4, 0.5) is 0 Å². The van der Waals surface area contributed by atoms with Gasteiger partial charge in [0.2, 0.25) is 0 Å². The Morgan fingerprint density at radius 1 is 1.41 bits per heavy atom. The molecule has 1 heterocycles. The van der Waals surface area contributed by atoms with Crippen LogP contribution in [0.2, 0.25) is 0 Å².